The largest absolute Gasteiger partial charge is 0.443 e. The van der Waals surface area contributed by atoms with Crippen LogP contribution in [0.5, 0.6) is 0 Å². The summed E-state index contributed by atoms with van der Waals surface area (Å²) >= 11 is 3.40. The second kappa shape index (κ2) is 6.62. The maximum absolute atomic E-state index is 12.4. The van der Waals surface area contributed by atoms with E-state index < -0.39 is 11.7 Å². The number of halogens is 1. The van der Waals surface area contributed by atoms with Crippen LogP contribution in [-0.4, -0.2) is 46.4 Å². The molecule has 22 heavy (non-hydrogen) atoms. The zero-order valence-corrected chi connectivity index (χ0v) is 14.7. The van der Waals surface area contributed by atoms with Gasteiger partial charge < -0.3 is 10.1 Å². The van der Waals surface area contributed by atoms with Crippen molar-refractivity contribution in [3.8, 4) is 0 Å². The molecule has 0 aliphatic heterocycles. The van der Waals surface area contributed by atoms with Gasteiger partial charge in [0.1, 0.15) is 11.4 Å². The minimum Gasteiger partial charge on any atom is -0.443 e. The first kappa shape index (κ1) is 16.7. The summed E-state index contributed by atoms with van der Waals surface area (Å²) in [5.74, 6) is 0.526. The third-order valence-corrected chi connectivity index (χ3v) is 3.35. The molecule has 1 N–H and O–H groups in total. The lowest BCUT2D eigenvalue weighted by Crippen LogP contribution is -2.40. The lowest BCUT2D eigenvalue weighted by molar-refractivity contribution is 0.0579. The highest BCUT2D eigenvalue weighted by atomic mass is 79.9. The molecule has 8 heteroatoms. The Kier molecular flexibility index (Phi) is 5.02. The van der Waals surface area contributed by atoms with E-state index in [0.29, 0.717) is 24.6 Å². The molecular weight excluding hydrogens is 350 g/mol. The van der Waals surface area contributed by atoms with E-state index in [0.717, 1.165) is 4.47 Å². The van der Waals surface area contributed by atoms with Crippen LogP contribution < -0.4 is 10.2 Å². The van der Waals surface area contributed by atoms with Gasteiger partial charge >= 0.3 is 6.09 Å². The zero-order valence-electron chi connectivity index (χ0n) is 13.1. The van der Waals surface area contributed by atoms with Gasteiger partial charge in [0.2, 0.25) is 0 Å². The van der Waals surface area contributed by atoms with E-state index in [1.54, 1.807) is 23.0 Å². The van der Waals surface area contributed by atoms with E-state index in [1.165, 1.54) is 4.90 Å². The van der Waals surface area contributed by atoms with Crippen molar-refractivity contribution < 1.29 is 9.53 Å². The van der Waals surface area contributed by atoms with E-state index in [1.807, 2.05) is 27.8 Å². The molecule has 0 fully saturated rings. The third kappa shape index (κ3) is 3.95. The molecule has 0 aliphatic rings. The van der Waals surface area contributed by atoms with Crippen molar-refractivity contribution in [1.29, 1.82) is 0 Å². The number of nitrogens with one attached hydrogen (secondary N) is 1. The van der Waals surface area contributed by atoms with Crippen LogP contribution in [0.4, 0.5) is 10.6 Å². The maximum atomic E-state index is 12.4. The topological polar surface area (TPSA) is 71.8 Å². The molecular formula is C14H20BrN5O2. The van der Waals surface area contributed by atoms with Crippen LogP contribution in [0, 0.1) is 0 Å². The minimum atomic E-state index is -0.559. The molecule has 0 saturated heterocycles. The van der Waals surface area contributed by atoms with Gasteiger partial charge in [0.15, 0.2) is 5.65 Å². The number of rotatable bonds is 4. The average Bonchev–Trinajstić information content (AvgIpc) is 2.79. The second-order valence-electron chi connectivity index (χ2n) is 5.78. The molecule has 1 amide bonds. The third-order valence-electron chi connectivity index (χ3n) is 2.79. The van der Waals surface area contributed by atoms with Crippen molar-refractivity contribution in [2.75, 3.05) is 25.0 Å². The molecule has 0 aliphatic carbocycles. The molecule has 0 atom stereocenters. The highest BCUT2D eigenvalue weighted by molar-refractivity contribution is 9.10. The number of hydrogen-bond acceptors (Lipinski definition) is 5. The Morgan fingerprint density at radius 3 is 2.86 bits per heavy atom. The van der Waals surface area contributed by atoms with Gasteiger partial charge in [-0.1, -0.05) is 0 Å². The summed E-state index contributed by atoms with van der Waals surface area (Å²) in [6.07, 6.45) is 3.01. The monoisotopic (exact) mass is 369 g/mol. The Morgan fingerprint density at radius 1 is 1.50 bits per heavy atom. The van der Waals surface area contributed by atoms with E-state index in [9.17, 15) is 4.79 Å². The molecule has 120 valence electrons. The predicted molar refractivity (Wildman–Crippen MR) is 88.2 cm³/mol. The van der Waals surface area contributed by atoms with Crippen molar-refractivity contribution in [1.82, 2.24) is 19.9 Å². The van der Waals surface area contributed by atoms with Gasteiger partial charge in [-0.25, -0.2) is 14.3 Å². The van der Waals surface area contributed by atoms with Crippen LogP contribution >= 0.6 is 15.9 Å². The number of fused-ring (bicyclic) bond motifs is 1. The van der Waals surface area contributed by atoms with Gasteiger partial charge in [-0.3, -0.25) is 4.90 Å². The summed E-state index contributed by atoms with van der Waals surface area (Å²) in [7, 11) is 1.83. The first-order chi connectivity index (χ1) is 10.3. The fourth-order valence-electron chi connectivity index (χ4n) is 1.82. The number of carbonyl (C=O) groups is 1. The highest BCUT2D eigenvalue weighted by Gasteiger charge is 2.24. The summed E-state index contributed by atoms with van der Waals surface area (Å²) in [6, 6.07) is 1.74. The van der Waals surface area contributed by atoms with Crippen molar-refractivity contribution in [2.24, 2.45) is 0 Å². The lowest BCUT2D eigenvalue weighted by Gasteiger charge is -2.26. The fraction of sp³-hybridized carbons (Fsp3) is 0.500. The summed E-state index contributed by atoms with van der Waals surface area (Å²) in [5.41, 5.74) is 0.0894. The highest BCUT2D eigenvalue weighted by Crippen LogP contribution is 2.20. The standard InChI is InChI=1S/C14H20BrN5O2/c1-14(2,3)22-13(21)19(8-6-16-4)11-5-7-20-12(18-11)10(15)9-17-20/h5,7,9,16H,6,8H2,1-4H3. The lowest BCUT2D eigenvalue weighted by atomic mass is 10.2. The van der Waals surface area contributed by atoms with Gasteiger partial charge in [-0.05, 0) is 49.8 Å². The van der Waals surface area contributed by atoms with Gasteiger partial charge in [0.25, 0.3) is 0 Å². The van der Waals surface area contributed by atoms with Crippen LogP contribution in [-0.2, 0) is 4.74 Å². The van der Waals surface area contributed by atoms with Crippen LogP contribution in [0.25, 0.3) is 5.65 Å². The predicted octanol–water partition coefficient (Wildman–Crippen LogP) is 2.45. The Hall–Kier alpha value is -1.67. The number of ether oxygens (including phenoxy) is 1. The van der Waals surface area contributed by atoms with E-state index in [2.05, 4.69) is 31.3 Å². The number of anilines is 1. The maximum Gasteiger partial charge on any atom is 0.416 e. The number of aromatic nitrogens is 3. The zero-order chi connectivity index (χ0) is 16.3. The summed E-state index contributed by atoms with van der Waals surface area (Å²) in [4.78, 5) is 18.4. The number of hydrogen-bond donors (Lipinski definition) is 1. The number of likely N-dealkylation sites (N-methyl/N-ethyl adjacent to an activating group) is 1. The Labute approximate surface area is 137 Å². The molecule has 0 radical (unpaired) electrons. The molecule has 2 rings (SSSR count). The van der Waals surface area contributed by atoms with E-state index in [-0.39, 0.29) is 0 Å². The molecule has 0 spiro atoms. The molecule has 7 nitrogen and oxygen atoms in total. The van der Waals surface area contributed by atoms with Crippen molar-refractivity contribution in [2.45, 2.75) is 26.4 Å². The SMILES string of the molecule is CNCCN(C(=O)OC(C)(C)C)c1ccn2ncc(Br)c2n1. The molecule has 2 heterocycles. The average molecular weight is 370 g/mol. The van der Waals surface area contributed by atoms with Gasteiger partial charge in [0, 0.05) is 19.3 Å². The normalized spacial score (nSPS) is 11.7. The summed E-state index contributed by atoms with van der Waals surface area (Å²) < 4.78 is 7.87. The molecule has 0 unspecified atom stereocenters. The number of nitrogens with zero attached hydrogens (tertiary/aromatic N) is 4. The Balaban J connectivity index is 2.33. The molecule has 2 aromatic heterocycles. The van der Waals surface area contributed by atoms with Crippen LogP contribution in [0.1, 0.15) is 20.8 Å². The number of amides is 1. The summed E-state index contributed by atoms with van der Waals surface area (Å²) in [6.45, 7) is 6.61. The second-order valence-corrected chi connectivity index (χ2v) is 6.64. The van der Waals surface area contributed by atoms with Crippen LogP contribution in [0.2, 0.25) is 0 Å². The van der Waals surface area contributed by atoms with Gasteiger partial charge in [0.05, 0.1) is 10.7 Å². The van der Waals surface area contributed by atoms with Crippen LogP contribution in [0.3, 0.4) is 0 Å². The van der Waals surface area contributed by atoms with Gasteiger partial charge in [-0.2, -0.15) is 5.10 Å². The van der Waals surface area contributed by atoms with E-state index in [4.69, 9.17) is 4.74 Å². The first-order valence-electron chi connectivity index (χ1n) is 6.97. The Morgan fingerprint density at radius 2 is 2.23 bits per heavy atom. The first-order valence-corrected chi connectivity index (χ1v) is 7.76. The van der Waals surface area contributed by atoms with Gasteiger partial charge in [-0.15, -0.1) is 0 Å². The molecule has 0 saturated carbocycles. The molecule has 2 aromatic rings. The molecule has 0 bridgehead atoms. The van der Waals surface area contributed by atoms with Crippen LogP contribution in [0.15, 0.2) is 22.9 Å². The quantitative estimate of drug-likeness (QED) is 0.895. The van der Waals surface area contributed by atoms with Crippen molar-refractivity contribution >= 4 is 33.5 Å². The minimum absolute atomic E-state index is 0.421. The van der Waals surface area contributed by atoms with Crippen molar-refractivity contribution in [3.63, 3.8) is 0 Å². The van der Waals surface area contributed by atoms with E-state index >= 15 is 0 Å². The molecule has 0 aromatic carbocycles. The number of carbonyl (C=O) groups excluding carboxylic acids is 1. The fourth-order valence-corrected chi connectivity index (χ4v) is 2.18. The summed E-state index contributed by atoms with van der Waals surface area (Å²) in [5, 5.41) is 7.17. The Bertz CT molecular complexity index is 665. The van der Waals surface area contributed by atoms with Crippen molar-refractivity contribution in [3.05, 3.63) is 22.9 Å². The smallest absolute Gasteiger partial charge is 0.416 e.